The summed E-state index contributed by atoms with van der Waals surface area (Å²) in [5, 5.41) is 4.32. The lowest BCUT2D eigenvalue weighted by Gasteiger charge is -2.31. The first-order valence-corrected chi connectivity index (χ1v) is 7.22. The minimum Gasteiger partial charge on any atom is -0.497 e. The van der Waals surface area contributed by atoms with Crippen molar-refractivity contribution in [2.24, 2.45) is 0 Å². The standard InChI is InChI=1S/C16H20N2O3.ClH/c1-11-9-18(6-5-17-11)16(19)7-12-10-21-15-8-13(20-2)3-4-14(12)15;/h3-4,8,10-11,17H,5-7,9H2,1-2H3;1H. The first kappa shape index (κ1) is 16.6. The number of rotatable bonds is 3. The summed E-state index contributed by atoms with van der Waals surface area (Å²) in [5.41, 5.74) is 1.69. The van der Waals surface area contributed by atoms with Crippen molar-refractivity contribution in [3.8, 4) is 5.75 Å². The monoisotopic (exact) mass is 324 g/mol. The van der Waals surface area contributed by atoms with Crippen LogP contribution in [-0.4, -0.2) is 43.6 Å². The summed E-state index contributed by atoms with van der Waals surface area (Å²) >= 11 is 0. The number of hydrogen-bond acceptors (Lipinski definition) is 4. The predicted molar refractivity (Wildman–Crippen MR) is 87.8 cm³/mol. The fraction of sp³-hybridized carbons (Fsp3) is 0.438. The number of carbonyl (C=O) groups excluding carboxylic acids is 1. The molecule has 1 N–H and O–H groups in total. The second kappa shape index (κ2) is 7.03. The molecule has 1 saturated heterocycles. The summed E-state index contributed by atoms with van der Waals surface area (Å²) in [7, 11) is 1.63. The molecular weight excluding hydrogens is 304 g/mol. The minimum atomic E-state index is 0. The summed E-state index contributed by atoms with van der Waals surface area (Å²) in [6, 6.07) is 6.03. The molecular formula is C16H21ClN2O3. The van der Waals surface area contributed by atoms with Gasteiger partial charge in [0.2, 0.25) is 5.91 Å². The predicted octanol–water partition coefficient (Wildman–Crippen LogP) is 2.23. The Morgan fingerprint density at radius 2 is 2.32 bits per heavy atom. The molecule has 1 fully saturated rings. The third kappa shape index (κ3) is 3.36. The maximum atomic E-state index is 12.4. The third-order valence-corrected chi connectivity index (χ3v) is 3.93. The van der Waals surface area contributed by atoms with Crippen LogP contribution in [0.2, 0.25) is 0 Å². The molecule has 3 rings (SSSR count). The molecule has 5 nitrogen and oxygen atoms in total. The van der Waals surface area contributed by atoms with Crippen molar-refractivity contribution in [2.75, 3.05) is 26.7 Å². The third-order valence-electron chi connectivity index (χ3n) is 3.93. The van der Waals surface area contributed by atoms with Gasteiger partial charge >= 0.3 is 0 Å². The van der Waals surface area contributed by atoms with E-state index in [4.69, 9.17) is 9.15 Å². The van der Waals surface area contributed by atoms with Crippen LogP contribution in [0.1, 0.15) is 12.5 Å². The lowest BCUT2D eigenvalue weighted by Crippen LogP contribution is -2.51. The van der Waals surface area contributed by atoms with Gasteiger partial charge < -0.3 is 19.4 Å². The van der Waals surface area contributed by atoms with Crippen LogP contribution in [0.3, 0.4) is 0 Å². The highest BCUT2D eigenvalue weighted by molar-refractivity contribution is 5.88. The average Bonchev–Trinajstić information content (AvgIpc) is 2.89. The molecule has 1 atom stereocenters. The number of nitrogens with zero attached hydrogens (tertiary/aromatic N) is 1. The molecule has 2 aromatic rings. The van der Waals surface area contributed by atoms with Gasteiger partial charge in [0.15, 0.2) is 0 Å². The van der Waals surface area contributed by atoms with E-state index in [1.807, 2.05) is 23.1 Å². The molecule has 1 unspecified atom stereocenters. The number of nitrogens with one attached hydrogen (secondary N) is 1. The molecule has 1 aromatic heterocycles. The van der Waals surface area contributed by atoms with Crippen molar-refractivity contribution < 1.29 is 13.9 Å². The van der Waals surface area contributed by atoms with Crippen molar-refractivity contribution in [3.63, 3.8) is 0 Å². The maximum Gasteiger partial charge on any atom is 0.227 e. The lowest BCUT2D eigenvalue weighted by molar-refractivity contribution is -0.131. The Morgan fingerprint density at radius 3 is 3.05 bits per heavy atom. The van der Waals surface area contributed by atoms with Gasteiger partial charge in [-0.2, -0.15) is 0 Å². The molecule has 0 radical (unpaired) electrons. The molecule has 6 heteroatoms. The van der Waals surface area contributed by atoms with Gasteiger partial charge in [0, 0.05) is 42.7 Å². The van der Waals surface area contributed by atoms with Gasteiger partial charge in [-0.05, 0) is 19.1 Å². The number of piperazine rings is 1. The van der Waals surface area contributed by atoms with Crippen LogP contribution in [0, 0.1) is 0 Å². The Morgan fingerprint density at radius 1 is 1.50 bits per heavy atom. The summed E-state index contributed by atoms with van der Waals surface area (Å²) in [5.74, 6) is 0.910. The molecule has 2 heterocycles. The molecule has 0 saturated carbocycles. The molecule has 0 spiro atoms. The fourth-order valence-corrected chi connectivity index (χ4v) is 2.76. The van der Waals surface area contributed by atoms with Gasteiger partial charge in [-0.25, -0.2) is 0 Å². The first-order valence-electron chi connectivity index (χ1n) is 7.22. The summed E-state index contributed by atoms with van der Waals surface area (Å²) in [6.07, 6.45) is 2.06. The number of ether oxygens (including phenoxy) is 1. The number of hydrogen-bond donors (Lipinski definition) is 1. The highest BCUT2D eigenvalue weighted by Gasteiger charge is 2.21. The number of halogens is 1. The Bertz CT molecular complexity index is 656. The summed E-state index contributed by atoms with van der Waals surface area (Å²) < 4.78 is 10.7. The molecule has 1 aliphatic rings. The smallest absolute Gasteiger partial charge is 0.227 e. The number of furan rings is 1. The summed E-state index contributed by atoms with van der Waals surface area (Å²) in [4.78, 5) is 14.3. The van der Waals surface area contributed by atoms with E-state index < -0.39 is 0 Å². The number of methoxy groups -OCH3 is 1. The largest absolute Gasteiger partial charge is 0.497 e. The second-order valence-corrected chi connectivity index (χ2v) is 5.49. The van der Waals surface area contributed by atoms with E-state index in [0.717, 1.165) is 41.9 Å². The second-order valence-electron chi connectivity index (χ2n) is 5.49. The SMILES string of the molecule is COc1ccc2c(CC(=O)N3CCNC(C)C3)coc2c1.Cl. The Balaban J connectivity index is 0.00000176. The van der Waals surface area contributed by atoms with Crippen LogP contribution in [0.15, 0.2) is 28.9 Å². The normalized spacial score (nSPS) is 18.1. The van der Waals surface area contributed by atoms with Gasteiger partial charge in [0.05, 0.1) is 19.8 Å². The number of fused-ring (bicyclic) bond motifs is 1. The van der Waals surface area contributed by atoms with Gasteiger partial charge in [0.25, 0.3) is 0 Å². The quantitative estimate of drug-likeness (QED) is 0.940. The zero-order valence-electron chi connectivity index (χ0n) is 12.8. The van der Waals surface area contributed by atoms with E-state index in [2.05, 4.69) is 12.2 Å². The van der Waals surface area contributed by atoms with E-state index in [9.17, 15) is 4.79 Å². The van der Waals surface area contributed by atoms with E-state index >= 15 is 0 Å². The van der Waals surface area contributed by atoms with Gasteiger partial charge in [-0.3, -0.25) is 4.79 Å². The Labute approximate surface area is 136 Å². The number of benzene rings is 1. The topological polar surface area (TPSA) is 54.7 Å². The van der Waals surface area contributed by atoms with E-state index in [0.29, 0.717) is 12.5 Å². The maximum absolute atomic E-state index is 12.4. The van der Waals surface area contributed by atoms with Crippen molar-refractivity contribution in [3.05, 3.63) is 30.0 Å². The van der Waals surface area contributed by atoms with Crippen LogP contribution >= 0.6 is 12.4 Å². The van der Waals surface area contributed by atoms with Crippen molar-refractivity contribution in [2.45, 2.75) is 19.4 Å². The van der Waals surface area contributed by atoms with Gasteiger partial charge in [-0.15, -0.1) is 12.4 Å². The zero-order valence-corrected chi connectivity index (χ0v) is 13.6. The number of amides is 1. The van der Waals surface area contributed by atoms with Crippen molar-refractivity contribution in [1.82, 2.24) is 10.2 Å². The molecule has 0 bridgehead atoms. The Hall–Kier alpha value is -1.72. The summed E-state index contributed by atoms with van der Waals surface area (Å²) in [6.45, 7) is 4.49. The van der Waals surface area contributed by atoms with Crippen LogP contribution < -0.4 is 10.1 Å². The van der Waals surface area contributed by atoms with Crippen LogP contribution in [-0.2, 0) is 11.2 Å². The molecule has 0 aliphatic carbocycles. The highest BCUT2D eigenvalue weighted by atomic mass is 35.5. The van der Waals surface area contributed by atoms with E-state index in [1.54, 1.807) is 13.4 Å². The van der Waals surface area contributed by atoms with Crippen LogP contribution in [0.25, 0.3) is 11.0 Å². The van der Waals surface area contributed by atoms with Gasteiger partial charge in [0.1, 0.15) is 11.3 Å². The van der Waals surface area contributed by atoms with Crippen molar-refractivity contribution in [1.29, 1.82) is 0 Å². The average molecular weight is 325 g/mol. The molecule has 1 aliphatic heterocycles. The zero-order chi connectivity index (χ0) is 14.8. The van der Waals surface area contributed by atoms with Crippen LogP contribution in [0.5, 0.6) is 5.75 Å². The lowest BCUT2D eigenvalue weighted by atomic mass is 10.1. The number of carbonyl (C=O) groups is 1. The minimum absolute atomic E-state index is 0. The van der Waals surface area contributed by atoms with Crippen molar-refractivity contribution >= 4 is 29.3 Å². The van der Waals surface area contributed by atoms with Gasteiger partial charge in [-0.1, -0.05) is 0 Å². The molecule has 1 amide bonds. The highest BCUT2D eigenvalue weighted by Crippen LogP contribution is 2.26. The fourth-order valence-electron chi connectivity index (χ4n) is 2.76. The van der Waals surface area contributed by atoms with E-state index in [1.165, 1.54) is 0 Å². The Kier molecular flexibility index (Phi) is 5.32. The molecule has 120 valence electrons. The van der Waals surface area contributed by atoms with Crippen LogP contribution in [0.4, 0.5) is 0 Å². The first-order chi connectivity index (χ1) is 10.2. The molecule has 1 aromatic carbocycles. The molecule has 22 heavy (non-hydrogen) atoms. The van der Waals surface area contributed by atoms with E-state index in [-0.39, 0.29) is 18.3 Å².